The molecule has 0 saturated heterocycles. The van der Waals surface area contributed by atoms with Crippen LogP contribution in [0.3, 0.4) is 0 Å². The maximum absolute atomic E-state index is 13.9. The van der Waals surface area contributed by atoms with Crippen molar-refractivity contribution in [2.75, 3.05) is 14.2 Å². The molecule has 180 valence electrons. The molecule has 2 heterocycles. The molecule has 0 saturated carbocycles. The molecule has 0 radical (unpaired) electrons. The summed E-state index contributed by atoms with van der Waals surface area (Å²) >= 11 is 7.61. The van der Waals surface area contributed by atoms with E-state index in [1.54, 1.807) is 14.2 Å². The second kappa shape index (κ2) is 9.12. The van der Waals surface area contributed by atoms with E-state index in [0.29, 0.717) is 25.9 Å². The van der Waals surface area contributed by atoms with Gasteiger partial charge in [0.15, 0.2) is 4.80 Å². The van der Waals surface area contributed by atoms with Crippen LogP contribution in [-0.2, 0) is 6.42 Å². The van der Waals surface area contributed by atoms with Gasteiger partial charge in [0.05, 0.1) is 30.5 Å². The molecule has 0 spiro atoms. The number of fused-ring (bicyclic) bond motifs is 3. The van der Waals surface area contributed by atoms with Gasteiger partial charge in [0, 0.05) is 22.2 Å². The van der Waals surface area contributed by atoms with E-state index >= 15 is 0 Å². The van der Waals surface area contributed by atoms with Crippen LogP contribution in [0, 0.1) is 0 Å². The van der Waals surface area contributed by atoms with Gasteiger partial charge < -0.3 is 9.47 Å². The van der Waals surface area contributed by atoms with Crippen molar-refractivity contribution in [2.45, 2.75) is 18.9 Å². The minimum atomic E-state index is -0.234. The number of ether oxygens (including phenoxy) is 2. The van der Waals surface area contributed by atoms with Crippen LogP contribution in [0.25, 0.3) is 11.8 Å². The average Bonchev–Trinajstić information content (AvgIpc) is 3.22. The topological polar surface area (TPSA) is 52.8 Å². The molecule has 5 nitrogen and oxygen atoms in total. The van der Waals surface area contributed by atoms with Gasteiger partial charge in [-0.25, -0.2) is 4.99 Å². The Morgan fingerprint density at radius 3 is 2.61 bits per heavy atom. The van der Waals surface area contributed by atoms with Gasteiger partial charge >= 0.3 is 0 Å². The zero-order chi connectivity index (χ0) is 24.8. The third-order valence-corrected chi connectivity index (χ3v) is 8.02. The van der Waals surface area contributed by atoms with Crippen LogP contribution in [0.4, 0.5) is 0 Å². The lowest BCUT2D eigenvalue weighted by Gasteiger charge is -2.30. The lowest BCUT2D eigenvalue weighted by atomic mass is 9.83. The van der Waals surface area contributed by atoms with E-state index in [1.807, 2.05) is 59.2 Å². The third kappa shape index (κ3) is 3.77. The van der Waals surface area contributed by atoms with Crippen LogP contribution in [0.1, 0.15) is 34.7 Å². The fourth-order valence-electron chi connectivity index (χ4n) is 5.05. The van der Waals surface area contributed by atoms with Crippen LogP contribution in [0.5, 0.6) is 11.5 Å². The molecule has 2 aliphatic rings. The van der Waals surface area contributed by atoms with Gasteiger partial charge in [-0.3, -0.25) is 9.36 Å². The molecule has 1 aromatic heterocycles. The van der Waals surface area contributed by atoms with Gasteiger partial charge in [0.2, 0.25) is 0 Å². The normalized spacial score (nSPS) is 16.6. The molecule has 0 N–H and O–H groups in total. The minimum Gasteiger partial charge on any atom is -0.497 e. The van der Waals surface area contributed by atoms with Gasteiger partial charge in [-0.2, -0.15) is 0 Å². The van der Waals surface area contributed by atoms with E-state index in [1.165, 1.54) is 16.9 Å². The average molecular weight is 515 g/mol. The molecule has 0 bridgehead atoms. The first-order valence-electron chi connectivity index (χ1n) is 11.7. The van der Waals surface area contributed by atoms with Crippen molar-refractivity contribution < 1.29 is 9.47 Å². The molecule has 3 aromatic carbocycles. The smallest absolute Gasteiger partial charge is 0.271 e. The number of hydrogen-bond donors (Lipinski definition) is 0. The van der Waals surface area contributed by atoms with Crippen molar-refractivity contribution in [3.63, 3.8) is 0 Å². The van der Waals surface area contributed by atoms with E-state index in [-0.39, 0.29) is 11.6 Å². The Morgan fingerprint density at radius 2 is 1.83 bits per heavy atom. The number of hydrogen-bond acceptors (Lipinski definition) is 5. The highest BCUT2D eigenvalue weighted by Gasteiger charge is 2.32. The first-order valence-corrected chi connectivity index (χ1v) is 12.9. The summed E-state index contributed by atoms with van der Waals surface area (Å²) in [4.78, 5) is 19.6. The lowest BCUT2D eigenvalue weighted by molar-refractivity contribution is 0.393. The van der Waals surface area contributed by atoms with Crippen molar-refractivity contribution in [1.82, 2.24) is 4.57 Å². The summed E-state index contributed by atoms with van der Waals surface area (Å²) in [5.41, 5.74) is 6.34. The van der Waals surface area contributed by atoms with Crippen LogP contribution in [0.2, 0.25) is 5.02 Å². The predicted octanol–water partition coefficient (Wildman–Crippen LogP) is 4.99. The Morgan fingerprint density at radius 1 is 1.03 bits per heavy atom. The number of thiazole rings is 1. The van der Waals surface area contributed by atoms with E-state index in [0.717, 1.165) is 40.8 Å². The van der Waals surface area contributed by atoms with E-state index in [2.05, 4.69) is 18.2 Å². The van der Waals surface area contributed by atoms with Crippen molar-refractivity contribution in [2.24, 2.45) is 4.99 Å². The molecule has 6 rings (SSSR count). The molecule has 0 fully saturated rings. The molecular formula is C29H23ClN2O3S. The summed E-state index contributed by atoms with van der Waals surface area (Å²) in [7, 11) is 3.23. The molecule has 7 heteroatoms. The van der Waals surface area contributed by atoms with E-state index in [9.17, 15) is 4.79 Å². The second-order valence-electron chi connectivity index (χ2n) is 8.77. The Kier molecular flexibility index (Phi) is 5.78. The summed E-state index contributed by atoms with van der Waals surface area (Å²) in [6, 6.07) is 21.5. The van der Waals surface area contributed by atoms with Gasteiger partial charge in [-0.15, -0.1) is 0 Å². The highest BCUT2D eigenvalue weighted by molar-refractivity contribution is 7.07. The SMILES string of the molecule is COc1ccc(/C=c2/sc3n(c2=O)[C@H](c2ccc(Cl)cc2)C2=C(N=3)c3ccccc3CC2)c(OC)c1. The van der Waals surface area contributed by atoms with Crippen LogP contribution < -0.4 is 24.4 Å². The fraction of sp³-hybridized carbons (Fsp3) is 0.172. The molecule has 4 aromatic rings. The van der Waals surface area contributed by atoms with Crippen LogP contribution in [0.15, 0.2) is 82.1 Å². The zero-order valence-corrected chi connectivity index (χ0v) is 21.4. The monoisotopic (exact) mass is 514 g/mol. The third-order valence-electron chi connectivity index (χ3n) is 6.79. The number of nitrogens with zero attached hydrogens (tertiary/aromatic N) is 2. The maximum Gasteiger partial charge on any atom is 0.271 e. The summed E-state index contributed by atoms with van der Waals surface area (Å²) in [6.45, 7) is 0. The quantitative estimate of drug-likeness (QED) is 0.385. The molecule has 1 aliphatic heterocycles. The van der Waals surface area contributed by atoms with E-state index in [4.69, 9.17) is 26.1 Å². The first-order chi connectivity index (χ1) is 17.6. The van der Waals surface area contributed by atoms with Gasteiger partial charge in [-0.1, -0.05) is 59.3 Å². The highest BCUT2D eigenvalue weighted by atomic mass is 35.5. The largest absolute Gasteiger partial charge is 0.497 e. The second-order valence-corrected chi connectivity index (χ2v) is 10.2. The van der Waals surface area contributed by atoms with E-state index < -0.39 is 0 Å². The number of aryl methyl sites for hydroxylation is 1. The number of methoxy groups -OCH3 is 2. The maximum atomic E-state index is 13.9. The van der Waals surface area contributed by atoms with Gasteiger partial charge in [0.1, 0.15) is 11.5 Å². The molecule has 1 aliphatic carbocycles. The van der Waals surface area contributed by atoms with Gasteiger partial charge in [0.25, 0.3) is 5.56 Å². The minimum absolute atomic E-state index is 0.0676. The molecule has 36 heavy (non-hydrogen) atoms. The summed E-state index contributed by atoms with van der Waals surface area (Å²) in [5.74, 6) is 1.34. The van der Waals surface area contributed by atoms with Crippen molar-refractivity contribution in [3.8, 4) is 11.5 Å². The highest BCUT2D eigenvalue weighted by Crippen LogP contribution is 2.41. The molecular weight excluding hydrogens is 492 g/mol. The number of rotatable bonds is 4. The Balaban J connectivity index is 1.60. The summed E-state index contributed by atoms with van der Waals surface area (Å²) < 4.78 is 13.3. The van der Waals surface area contributed by atoms with Crippen LogP contribution in [-0.4, -0.2) is 18.8 Å². The molecule has 0 unspecified atom stereocenters. The predicted molar refractivity (Wildman–Crippen MR) is 144 cm³/mol. The summed E-state index contributed by atoms with van der Waals surface area (Å²) in [6.07, 6.45) is 3.64. The van der Waals surface area contributed by atoms with Crippen molar-refractivity contribution in [3.05, 3.63) is 119 Å². The fourth-order valence-corrected chi connectivity index (χ4v) is 6.16. The zero-order valence-electron chi connectivity index (χ0n) is 19.8. The first kappa shape index (κ1) is 22.8. The van der Waals surface area contributed by atoms with Crippen LogP contribution >= 0.6 is 22.9 Å². The number of allylic oxidation sites excluding steroid dienone is 1. The Labute approximate surface area is 217 Å². The lowest BCUT2D eigenvalue weighted by Crippen LogP contribution is -2.38. The summed E-state index contributed by atoms with van der Waals surface area (Å²) in [5, 5.41) is 0.668. The van der Waals surface area contributed by atoms with Crippen molar-refractivity contribution >= 4 is 34.7 Å². The Bertz CT molecular complexity index is 1700. The number of aromatic nitrogens is 1. The van der Waals surface area contributed by atoms with Gasteiger partial charge in [-0.05, 0) is 59.9 Å². The number of halogens is 1. The molecule has 1 atom stereocenters. The Hall–Kier alpha value is -3.61. The standard InChI is InChI=1S/C29H23ClN2O3S/c1-34-21-13-9-19(24(16-21)35-2)15-25-28(33)32-27(18-7-11-20(30)12-8-18)23-14-10-17-5-3-4-6-22(17)26(23)31-29(32)36-25/h3-9,11-13,15-16,27H,10,14H2,1-2H3/b25-15+/t27-/m1/s1. The molecule has 0 amide bonds. The van der Waals surface area contributed by atoms with Crippen molar-refractivity contribution in [1.29, 1.82) is 0 Å². The number of benzene rings is 3.